The highest BCUT2D eigenvalue weighted by Crippen LogP contribution is 2.38. The van der Waals surface area contributed by atoms with Crippen LogP contribution in [-0.2, 0) is 19.0 Å². The van der Waals surface area contributed by atoms with E-state index in [0.717, 1.165) is 25.7 Å². The molecule has 0 rings (SSSR count). The molecule has 0 saturated heterocycles. The van der Waals surface area contributed by atoms with Crippen LogP contribution in [0.1, 0.15) is 107 Å². The van der Waals surface area contributed by atoms with E-state index in [-0.39, 0.29) is 17.0 Å². The molecule has 0 aliphatic rings. The second-order valence-electron chi connectivity index (χ2n) is 10.5. The minimum Gasteiger partial charge on any atom is -0.462 e. The van der Waals surface area contributed by atoms with E-state index in [4.69, 9.17) is 14.2 Å². The number of hydrogen-bond acceptors (Lipinski definition) is 5. The molecule has 0 aromatic carbocycles. The Balaban J connectivity index is 4.13. The number of alkyl carbamates (subject to hydrolysis) is 1. The summed E-state index contributed by atoms with van der Waals surface area (Å²) in [6, 6.07) is 0. The first-order valence-electron chi connectivity index (χ1n) is 12.2. The van der Waals surface area contributed by atoms with Crippen LogP contribution in [0.5, 0.6) is 0 Å². The average molecular weight is 456 g/mol. The number of amides is 1. The van der Waals surface area contributed by atoms with E-state index >= 15 is 0 Å². The van der Waals surface area contributed by atoms with Crippen molar-refractivity contribution in [2.24, 2.45) is 5.41 Å². The highest BCUT2D eigenvalue weighted by molar-refractivity contribution is 5.86. The fraction of sp³-hybridized carbons (Fsp3) is 0.846. The Morgan fingerprint density at radius 3 is 2.12 bits per heavy atom. The lowest BCUT2D eigenvalue weighted by Gasteiger charge is -2.42. The quantitative estimate of drug-likeness (QED) is 0.152. The predicted octanol–water partition coefficient (Wildman–Crippen LogP) is 6.57. The van der Waals surface area contributed by atoms with E-state index in [1.807, 2.05) is 13.8 Å². The van der Waals surface area contributed by atoms with Crippen molar-refractivity contribution in [2.45, 2.75) is 118 Å². The molecule has 6 heteroatoms. The minimum absolute atomic E-state index is 0.0768. The highest BCUT2D eigenvalue weighted by atomic mass is 16.6. The molecule has 0 spiro atoms. The van der Waals surface area contributed by atoms with Crippen LogP contribution in [0.25, 0.3) is 0 Å². The van der Waals surface area contributed by atoms with Gasteiger partial charge in [0, 0.05) is 18.5 Å². The van der Waals surface area contributed by atoms with E-state index in [2.05, 4.69) is 46.5 Å². The van der Waals surface area contributed by atoms with E-state index in [1.54, 1.807) is 6.92 Å². The van der Waals surface area contributed by atoms with Crippen molar-refractivity contribution in [1.82, 2.24) is 5.32 Å². The SMILES string of the molecule is C=C(C)C(=O)OCCCCCNC(=O)OC(C)(C)CCOC(C)(C)C(C)(C)CCCCC. The van der Waals surface area contributed by atoms with Crippen LogP contribution in [0, 0.1) is 5.41 Å². The molecule has 0 saturated carbocycles. The molecule has 188 valence electrons. The Hall–Kier alpha value is -1.56. The summed E-state index contributed by atoms with van der Waals surface area (Å²) in [6.45, 7) is 21.5. The normalized spacial score (nSPS) is 12.4. The maximum atomic E-state index is 12.1. The molecule has 32 heavy (non-hydrogen) atoms. The zero-order valence-electron chi connectivity index (χ0n) is 22.0. The average Bonchev–Trinajstić information content (AvgIpc) is 2.66. The summed E-state index contributed by atoms with van der Waals surface area (Å²) in [5.41, 5.74) is -0.379. The molecule has 6 nitrogen and oxygen atoms in total. The van der Waals surface area contributed by atoms with Crippen molar-refractivity contribution < 1.29 is 23.8 Å². The number of carbonyl (C=O) groups is 2. The maximum Gasteiger partial charge on any atom is 0.407 e. The summed E-state index contributed by atoms with van der Waals surface area (Å²) in [4.78, 5) is 23.4. The van der Waals surface area contributed by atoms with Crippen LogP contribution in [-0.4, -0.2) is 43.0 Å². The van der Waals surface area contributed by atoms with Crippen molar-refractivity contribution in [3.05, 3.63) is 12.2 Å². The zero-order valence-corrected chi connectivity index (χ0v) is 22.0. The molecule has 0 aromatic heterocycles. The topological polar surface area (TPSA) is 73.9 Å². The van der Waals surface area contributed by atoms with E-state index < -0.39 is 11.7 Å². The third-order valence-electron chi connectivity index (χ3n) is 6.24. The van der Waals surface area contributed by atoms with Gasteiger partial charge < -0.3 is 19.5 Å². The van der Waals surface area contributed by atoms with Gasteiger partial charge in [-0.2, -0.15) is 0 Å². The summed E-state index contributed by atoms with van der Waals surface area (Å²) in [5.74, 6) is -0.360. The van der Waals surface area contributed by atoms with Gasteiger partial charge in [-0.05, 0) is 65.7 Å². The van der Waals surface area contributed by atoms with E-state index in [1.165, 1.54) is 19.3 Å². The summed E-state index contributed by atoms with van der Waals surface area (Å²) < 4.78 is 16.9. The van der Waals surface area contributed by atoms with Gasteiger partial charge in [0.25, 0.3) is 0 Å². The van der Waals surface area contributed by atoms with Crippen LogP contribution in [0.4, 0.5) is 4.79 Å². The monoisotopic (exact) mass is 455 g/mol. The maximum absolute atomic E-state index is 12.1. The fourth-order valence-corrected chi connectivity index (χ4v) is 3.09. The highest BCUT2D eigenvalue weighted by Gasteiger charge is 2.37. The molecule has 0 heterocycles. The van der Waals surface area contributed by atoms with Gasteiger partial charge in [0.2, 0.25) is 0 Å². The first kappa shape index (κ1) is 30.4. The van der Waals surface area contributed by atoms with Gasteiger partial charge in [-0.1, -0.05) is 46.6 Å². The van der Waals surface area contributed by atoms with Crippen molar-refractivity contribution in [3.63, 3.8) is 0 Å². The van der Waals surface area contributed by atoms with Gasteiger partial charge in [-0.25, -0.2) is 9.59 Å². The molecule has 1 amide bonds. The molecule has 0 radical (unpaired) electrons. The number of ether oxygens (including phenoxy) is 3. The second-order valence-corrected chi connectivity index (χ2v) is 10.5. The summed E-state index contributed by atoms with van der Waals surface area (Å²) in [7, 11) is 0. The lowest BCUT2D eigenvalue weighted by molar-refractivity contribution is -0.139. The van der Waals surface area contributed by atoms with Crippen molar-refractivity contribution >= 4 is 12.1 Å². The Bertz CT molecular complexity index is 581. The first-order valence-corrected chi connectivity index (χ1v) is 12.2. The first-order chi connectivity index (χ1) is 14.7. The number of carbonyl (C=O) groups excluding carboxylic acids is 2. The van der Waals surface area contributed by atoms with Gasteiger partial charge in [0.05, 0.1) is 18.8 Å². The molecule has 0 fully saturated rings. The van der Waals surface area contributed by atoms with Crippen LogP contribution in [0.2, 0.25) is 0 Å². The summed E-state index contributed by atoms with van der Waals surface area (Å²) in [6.07, 6.45) is 7.43. The number of unbranched alkanes of at least 4 members (excludes halogenated alkanes) is 4. The Morgan fingerprint density at radius 1 is 0.875 bits per heavy atom. The molecular formula is C26H49NO5. The van der Waals surface area contributed by atoms with Crippen molar-refractivity contribution in [2.75, 3.05) is 19.8 Å². The van der Waals surface area contributed by atoms with Crippen LogP contribution < -0.4 is 5.32 Å². The molecule has 0 atom stereocenters. The molecule has 0 aliphatic heterocycles. The molecule has 0 bridgehead atoms. The Labute approximate surface area is 196 Å². The van der Waals surface area contributed by atoms with Crippen LogP contribution in [0.15, 0.2) is 12.2 Å². The molecule has 0 unspecified atom stereocenters. The molecular weight excluding hydrogens is 406 g/mol. The lowest BCUT2D eigenvalue weighted by Crippen LogP contribution is -2.43. The summed E-state index contributed by atoms with van der Waals surface area (Å²) in [5, 5.41) is 2.79. The Kier molecular flexibility index (Phi) is 13.9. The zero-order chi connectivity index (χ0) is 24.8. The smallest absolute Gasteiger partial charge is 0.407 e. The van der Waals surface area contributed by atoms with Gasteiger partial charge in [0.15, 0.2) is 0 Å². The third-order valence-corrected chi connectivity index (χ3v) is 6.24. The number of nitrogens with one attached hydrogen (secondary N) is 1. The largest absolute Gasteiger partial charge is 0.462 e. The molecule has 0 aliphatic carbocycles. The Morgan fingerprint density at radius 2 is 1.53 bits per heavy atom. The van der Waals surface area contributed by atoms with E-state index in [0.29, 0.717) is 31.8 Å². The van der Waals surface area contributed by atoms with Crippen LogP contribution in [0.3, 0.4) is 0 Å². The number of rotatable bonds is 17. The van der Waals surface area contributed by atoms with Crippen LogP contribution >= 0.6 is 0 Å². The van der Waals surface area contributed by atoms with Gasteiger partial charge >= 0.3 is 12.1 Å². The van der Waals surface area contributed by atoms with Gasteiger partial charge in [-0.15, -0.1) is 0 Å². The standard InChI is InChI=1S/C26H49NO5/c1-10-11-13-16-24(4,5)26(8,9)31-20-17-25(6,7)32-23(29)27-18-14-12-15-19-30-22(28)21(2)3/h2,10-20H2,1,3-9H3,(H,27,29). The molecule has 1 N–H and O–H groups in total. The number of hydrogen-bond donors (Lipinski definition) is 1. The van der Waals surface area contributed by atoms with Gasteiger partial charge in [0.1, 0.15) is 5.60 Å². The number of esters is 1. The van der Waals surface area contributed by atoms with Gasteiger partial charge in [-0.3, -0.25) is 0 Å². The fourth-order valence-electron chi connectivity index (χ4n) is 3.09. The second kappa shape index (κ2) is 14.6. The predicted molar refractivity (Wildman–Crippen MR) is 131 cm³/mol. The molecule has 0 aromatic rings. The van der Waals surface area contributed by atoms with Crippen molar-refractivity contribution in [3.8, 4) is 0 Å². The summed E-state index contributed by atoms with van der Waals surface area (Å²) >= 11 is 0. The minimum atomic E-state index is -0.608. The lowest BCUT2D eigenvalue weighted by atomic mass is 9.73. The van der Waals surface area contributed by atoms with Crippen molar-refractivity contribution in [1.29, 1.82) is 0 Å². The third kappa shape index (κ3) is 13.1. The van der Waals surface area contributed by atoms with E-state index in [9.17, 15) is 9.59 Å².